The van der Waals surface area contributed by atoms with Crippen LogP contribution in [0.4, 0.5) is 0 Å². The fraction of sp³-hybridized carbons (Fsp3) is 0.906. The number of hydrogen-bond donors (Lipinski definition) is 0. The van der Waals surface area contributed by atoms with Crippen molar-refractivity contribution in [2.24, 2.45) is 0 Å². The molecule has 0 bridgehead atoms. The molecule has 0 unspecified atom stereocenters. The van der Waals surface area contributed by atoms with Gasteiger partial charge in [-0.3, -0.25) is 0 Å². The first-order valence-electron chi connectivity index (χ1n) is 16.0. The van der Waals surface area contributed by atoms with Gasteiger partial charge in [-0.2, -0.15) is 0 Å². The van der Waals surface area contributed by atoms with E-state index in [0.717, 1.165) is 38.5 Å². The standard InChI is InChI=1S/3C10H20O2.C2H5.Sn/c3*1-2-3-4-5-6-7-8-9-10(11)12;1-2;/h3*2-9H2,1H3,(H,11,12);1H2,2H3;/q;;;;+3/p-3. The van der Waals surface area contributed by atoms with Crippen molar-refractivity contribution in [2.45, 2.75) is 186 Å². The summed E-state index contributed by atoms with van der Waals surface area (Å²) >= 11 is 1.64. The van der Waals surface area contributed by atoms with Crippen LogP contribution in [0.2, 0.25) is 4.44 Å². The molecule has 0 rings (SSSR count). The maximum atomic E-state index is 10.0. The summed E-state index contributed by atoms with van der Waals surface area (Å²) in [6.45, 7) is 8.74. The Morgan fingerprint density at radius 2 is 0.538 bits per heavy atom. The average molecular weight is 662 g/mol. The second-order valence-corrected chi connectivity index (χ2v) is 12.1. The van der Waals surface area contributed by atoms with Gasteiger partial charge in [0.05, 0.1) is 0 Å². The number of hydrogen-bond acceptors (Lipinski definition) is 6. The summed E-state index contributed by atoms with van der Waals surface area (Å²) in [5.74, 6) is -2.74. The summed E-state index contributed by atoms with van der Waals surface area (Å²) in [6.07, 6.45) is 25.0. The Balaban J connectivity index is -0.000000224. The van der Waals surface area contributed by atoms with Crippen LogP contribution in [0.5, 0.6) is 0 Å². The van der Waals surface area contributed by atoms with Crippen LogP contribution in [0.25, 0.3) is 0 Å². The fourth-order valence-electron chi connectivity index (χ4n) is 3.68. The van der Waals surface area contributed by atoms with Crippen LogP contribution in [-0.4, -0.2) is 40.4 Å². The van der Waals surface area contributed by atoms with Crippen molar-refractivity contribution in [1.82, 2.24) is 0 Å². The molecule has 0 aliphatic heterocycles. The fourth-order valence-corrected chi connectivity index (χ4v) is 3.68. The topological polar surface area (TPSA) is 120 Å². The number of carboxylic acid groups (broad SMARTS) is 3. The number of unbranched alkanes of at least 4 members (excludes halogenated alkanes) is 18. The summed E-state index contributed by atoms with van der Waals surface area (Å²) in [7, 11) is 0. The Bertz CT molecular complexity index is 419. The van der Waals surface area contributed by atoms with Crippen LogP contribution < -0.4 is 15.3 Å². The third kappa shape index (κ3) is 67.2. The molecule has 0 saturated heterocycles. The maximum absolute atomic E-state index is 10.0. The third-order valence-electron chi connectivity index (χ3n) is 5.95. The second-order valence-electron chi connectivity index (χ2n) is 10.1. The van der Waals surface area contributed by atoms with Gasteiger partial charge in [0.2, 0.25) is 0 Å². The molecule has 0 atom stereocenters. The van der Waals surface area contributed by atoms with E-state index in [4.69, 9.17) is 0 Å². The summed E-state index contributed by atoms with van der Waals surface area (Å²) in [5.41, 5.74) is 0. The van der Waals surface area contributed by atoms with E-state index in [1.807, 2.05) is 0 Å². The molecule has 0 heterocycles. The van der Waals surface area contributed by atoms with Gasteiger partial charge in [0.1, 0.15) is 0 Å². The number of carboxylic acids is 3. The predicted octanol–water partition coefficient (Wildman–Crippen LogP) is 6.22. The second kappa shape index (κ2) is 44.2. The van der Waals surface area contributed by atoms with E-state index in [1.165, 1.54) is 101 Å². The molecule has 0 aromatic rings. The van der Waals surface area contributed by atoms with Gasteiger partial charge >= 0.3 is 33.9 Å². The molecule has 6 nitrogen and oxygen atoms in total. The van der Waals surface area contributed by atoms with Gasteiger partial charge in [-0.1, -0.05) is 136 Å². The van der Waals surface area contributed by atoms with Crippen LogP contribution in [0.3, 0.4) is 0 Å². The Labute approximate surface area is 255 Å². The van der Waals surface area contributed by atoms with Crippen LogP contribution in [0.1, 0.15) is 182 Å². The first-order valence-corrected chi connectivity index (χ1v) is 18.0. The SMILES string of the molecule is CCCCCCCCCC(=O)[O-].CCCCCCCCCC(=O)[O-].CCCCCCCCCC(=O)[O-].C[CH2][Sn+3]. The van der Waals surface area contributed by atoms with E-state index in [2.05, 4.69) is 27.7 Å². The number of aliphatic carboxylic acids is 3. The van der Waals surface area contributed by atoms with E-state index < -0.39 is 17.9 Å². The van der Waals surface area contributed by atoms with Crippen LogP contribution >= 0.6 is 0 Å². The minimum absolute atomic E-state index is 0.230. The van der Waals surface area contributed by atoms with Crippen LogP contribution in [0, 0.1) is 0 Å². The minimum atomic E-state index is -0.913. The monoisotopic (exact) mass is 662 g/mol. The van der Waals surface area contributed by atoms with Crippen molar-refractivity contribution in [2.75, 3.05) is 0 Å². The zero-order valence-electron chi connectivity index (χ0n) is 26.1. The van der Waals surface area contributed by atoms with E-state index in [0.29, 0.717) is 0 Å². The van der Waals surface area contributed by atoms with Gasteiger partial charge in [-0.05, 0) is 38.5 Å². The van der Waals surface area contributed by atoms with Crippen molar-refractivity contribution in [1.29, 1.82) is 0 Å². The number of carbonyl (C=O) groups excluding carboxylic acids is 3. The van der Waals surface area contributed by atoms with Gasteiger partial charge in [-0.25, -0.2) is 0 Å². The predicted molar refractivity (Wildman–Crippen MR) is 159 cm³/mol. The quantitative estimate of drug-likeness (QED) is 0.0895. The first-order chi connectivity index (χ1) is 18.7. The molecule has 0 fully saturated rings. The van der Waals surface area contributed by atoms with Crippen LogP contribution in [0.15, 0.2) is 0 Å². The summed E-state index contributed by atoms with van der Waals surface area (Å²) in [4.78, 5) is 30.1. The molecule has 7 heteroatoms. The number of carbonyl (C=O) groups is 3. The summed E-state index contributed by atoms with van der Waals surface area (Å²) < 4.78 is 1.34. The molecule has 0 radical (unpaired) electrons. The normalized spacial score (nSPS) is 9.79. The van der Waals surface area contributed by atoms with Gasteiger partial charge in [0.25, 0.3) is 0 Å². The van der Waals surface area contributed by atoms with Crippen molar-refractivity contribution in [3.63, 3.8) is 0 Å². The zero-order chi connectivity index (χ0) is 30.4. The Kier molecular flexibility index (Phi) is 51.3. The average Bonchev–Trinajstić information content (AvgIpc) is 2.88. The molecule has 0 saturated carbocycles. The van der Waals surface area contributed by atoms with Crippen molar-refractivity contribution in [3.05, 3.63) is 0 Å². The third-order valence-corrected chi connectivity index (χ3v) is 5.95. The van der Waals surface area contributed by atoms with Gasteiger partial charge < -0.3 is 29.7 Å². The molecule has 0 aromatic carbocycles. The van der Waals surface area contributed by atoms with E-state index >= 15 is 0 Å². The van der Waals surface area contributed by atoms with E-state index in [9.17, 15) is 29.7 Å². The van der Waals surface area contributed by atoms with Gasteiger partial charge in [0.15, 0.2) is 0 Å². The molecule has 0 N–H and O–H groups in total. The Morgan fingerprint density at radius 1 is 0.385 bits per heavy atom. The van der Waals surface area contributed by atoms with Crippen molar-refractivity contribution >= 4 is 40.4 Å². The van der Waals surface area contributed by atoms with E-state index in [1.54, 1.807) is 22.5 Å². The summed E-state index contributed by atoms with van der Waals surface area (Å²) in [6, 6.07) is 0. The van der Waals surface area contributed by atoms with Gasteiger partial charge in [0, 0.05) is 17.9 Å². The van der Waals surface area contributed by atoms with Crippen LogP contribution in [-0.2, 0) is 14.4 Å². The van der Waals surface area contributed by atoms with Crippen molar-refractivity contribution < 1.29 is 29.7 Å². The zero-order valence-corrected chi connectivity index (χ0v) is 29.0. The first kappa shape index (κ1) is 45.2. The van der Waals surface area contributed by atoms with Crippen molar-refractivity contribution in [3.8, 4) is 0 Å². The Hall–Kier alpha value is -0.791. The number of rotatable bonds is 24. The summed E-state index contributed by atoms with van der Waals surface area (Å²) in [5, 5.41) is 30.1. The van der Waals surface area contributed by atoms with Gasteiger partial charge in [-0.15, -0.1) is 0 Å². The molecular weight excluding hydrogens is 599 g/mol. The molecule has 39 heavy (non-hydrogen) atoms. The molecule has 230 valence electrons. The molecule has 0 spiro atoms. The molecule has 0 aliphatic rings. The molecule has 0 aromatic heterocycles. The van der Waals surface area contributed by atoms with E-state index in [-0.39, 0.29) is 19.3 Å². The Morgan fingerprint density at radius 3 is 0.692 bits per heavy atom. The molecule has 0 aliphatic carbocycles. The molecule has 0 amide bonds. The molecular formula is C32H62O6Sn.